The number of guanidine groups is 1. The van der Waals surface area contributed by atoms with E-state index in [1.807, 2.05) is 30.0 Å². The number of rotatable bonds is 7. The highest BCUT2D eigenvalue weighted by molar-refractivity contribution is 14.0. The van der Waals surface area contributed by atoms with Crippen LogP contribution in [0, 0.1) is 0 Å². The molecule has 0 aliphatic rings. The van der Waals surface area contributed by atoms with Crippen molar-refractivity contribution in [2.75, 3.05) is 33.5 Å². The largest absolute Gasteiger partial charge is 0.497 e. The average Bonchev–Trinajstić information content (AvgIpc) is 2.51. The van der Waals surface area contributed by atoms with Gasteiger partial charge in [-0.1, -0.05) is 17.7 Å². The first-order valence-corrected chi connectivity index (χ1v) is 8.84. The summed E-state index contributed by atoms with van der Waals surface area (Å²) < 4.78 is 5.33. The standard InChI is InChI=1S/C16H26ClN3OS.HI/c1-16(2,22-5)11-20-15(18-3)19-9-8-12-6-7-13(21-4)10-14(12)17;/h6-7,10H,8-9,11H2,1-5H3,(H2,18,19,20);1H. The number of ether oxygens (including phenoxy) is 1. The average molecular weight is 472 g/mol. The molecular formula is C16H27ClIN3OS. The van der Waals surface area contributed by atoms with E-state index in [0.29, 0.717) is 0 Å². The van der Waals surface area contributed by atoms with Crippen LogP contribution in [0.4, 0.5) is 0 Å². The van der Waals surface area contributed by atoms with Crippen molar-refractivity contribution in [2.24, 2.45) is 4.99 Å². The molecule has 0 radical (unpaired) electrons. The van der Waals surface area contributed by atoms with E-state index in [4.69, 9.17) is 16.3 Å². The monoisotopic (exact) mass is 471 g/mol. The summed E-state index contributed by atoms with van der Waals surface area (Å²) >= 11 is 8.07. The van der Waals surface area contributed by atoms with Gasteiger partial charge in [0.1, 0.15) is 5.75 Å². The van der Waals surface area contributed by atoms with Crippen LogP contribution in [0.15, 0.2) is 23.2 Å². The zero-order valence-corrected chi connectivity index (χ0v) is 18.3. The van der Waals surface area contributed by atoms with Gasteiger partial charge in [-0.2, -0.15) is 11.8 Å². The molecular weight excluding hydrogens is 445 g/mol. The Hall–Kier alpha value is -0.340. The lowest BCUT2D eigenvalue weighted by molar-refractivity contribution is 0.414. The van der Waals surface area contributed by atoms with E-state index in [1.54, 1.807) is 14.2 Å². The molecule has 23 heavy (non-hydrogen) atoms. The maximum Gasteiger partial charge on any atom is 0.191 e. The summed E-state index contributed by atoms with van der Waals surface area (Å²) in [7, 11) is 3.42. The number of halogens is 2. The van der Waals surface area contributed by atoms with E-state index >= 15 is 0 Å². The van der Waals surface area contributed by atoms with Gasteiger partial charge in [-0.05, 0) is 44.2 Å². The van der Waals surface area contributed by atoms with E-state index in [9.17, 15) is 0 Å². The minimum atomic E-state index is 0. The lowest BCUT2D eigenvalue weighted by Gasteiger charge is -2.23. The minimum Gasteiger partial charge on any atom is -0.497 e. The first kappa shape index (κ1) is 22.7. The first-order chi connectivity index (χ1) is 10.4. The first-order valence-electron chi connectivity index (χ1n) is 7.24. The van der Waals surface area contributed by atoms with Crippen LogP contribution in [-0.4, -0.2) is 44.2 Å². The highest BCUT2D eigenvalue weighted by Crippen LogP contribution is 2.22. The zero-order valence-electron chi connectivity index (χ0n) is 14.4. The number of hydrogen-bond donors (Lipinski definition) is 2. The van der Waals surface area contributed by atoms with Gasteiger partial charge >= 0.3 is 0 Å². The smallest absolute Gasteiger partial charge is 0.191 e. The molecule has 0 saturated heterocycles. The fourth-order valence-corrected chi connectivity index (χ4v) is 2.24. The second kappa shape index (κ2) is 11.3. The van der Waals surface area contributed by atoms with Gasteiger partial charge in [0.2, 0.25) is 0 Å². The third-order valence-corrected chi connectivity index (χ3v) is 5.01. The summed E-state index contributed by atoms with van der Waals surface area (Å²) in [5, 5.41) is 7.38. The normalized spacial score (nSPS) is 11.7. The van der Waals surface area contributed by atoms with Crippen molar-refractivity contribution in [2.45, 2.75) is 25.0 Å². The Morgan fingerprint density at radius 3 is 2.57 bits per heavy atom. The van der Waals surface area contributed by atoms with Crippen molar-refractivity contribution in [1.29, 1.82) is 0 Å². The van der Waals surface area contributed by atoms with Gasteiger partial charge in [0, 0.05) is 29.9 Å². The molecule has 0 amide bonds. The van der Waals surface area contributed by atoms with Crippen LogP contribution >= 0.6 is 47.3 Å². The molecule has 0 atom stereocenters. The maximum absolute atomic E-state index is 6.24. The molecule has 1 aromatic rings. The summed E-state index contributed by atoms with van der Waals surface area (Å²) in [5.41, 5.74) is 1.09. The minimum absolute atomic E-state index is 0. The number of methoxy groups -OCH3 is 1. The highest BCUT2D eigenvalue weighted by atomic mass is 127. The quantitative estimate of drug-likeness (QED) is 0.361. The van der Waals surface area contributed by atoms with Crippen molar-refractivity contribution in [3.8, 4) is 5.75 Å². The number of hydrogen-bond acceptors (Lipinski definition) is 3. The summed E-state index contributed by atoms with van der Waals surface area (Å²) in [5.74, 6) is 1.59. The second-order valence-electron chi connectivity index (χ2n) is 5.52. The van der Waals surface area contributed by atoms with Crippen molar-refractivity contribution in [3.63, 3.8) is 0 Å². The maximum atomic E-state index is 6.24. The molecule has 4 nitrogen and oxygen atoms in total. The summed E-state index contributed by atoms with van der Waals surface area (Å²) in [6, 6.07) is 5.76. The molecule has 0 aliphatic heterocycles. The van der Waals surface area contributed by atoms with Crippen LogP contribution in [0.25, 0.3) is 0 Å². The number of aliphatic imine (C=N–C) groups is 1. The molecule has 0 aliphatic carbocycles. The molecule has 0 fully saturated rings. The van der Waals surface area contributed by atoms with Gasteiger partial charge in [0.25, 0.3) is 0 Å². The van der Waals surface area contributed by atoms with Gasteiger partial charge in [0.15, 0.2) is 5.96 Å². The Balaban J connectivity index is 0.00000484. The molecule has 132 valence electrons. The third kappa shape index (κ3) is 8.35. The third-order valence-electron chi connectivity index (χ3n) is 3.40. The van der Waals surface area contributed by atoms with Crippen molar-refractivity contribution in [1.82, 2.24) is 10.6 Å². The van der Waals surface area contributed by atoms with Crippen LogP contribution < -0.4 is 15.4 Å². The van der Waals surface area contributed by atoms with Crippen LogP contribution in [0.5, 0.6) is 5.75 Å². The van der Waals surface area contributed by atoms with Crippen LogP contribution in [-0.2, 0) is 6.42 Å². The predicted molar refractivity (Wildman–Crippen MR) is 114 cm³/mol. The molecule has 0 aromatic heterocycles. The topological polar surface area (TPSA) is 45.7 Å². The number of nitrogens with zero attached hydrogens (tertiary/aromatic N) is 1. The SMILES string of the molecule is CN=C(NCCc1ccc(OC)cc1Cl)NCC(C)(C)SC.I. The van der Waals surface area contributed by atoms with E-state index in [0.717, 1.165) is 41.8 Å². The van der Waals surface area contributed by atoms with E-state index in [2.05, 4.69) is 35.7 Å². The molecule has 0 unspecified atom stereocenters. The molecule has 2 N–H and O–H groups in total. The fourth-order valence-electron chi connectivity index (χ4n) is 1.76. The fraction of sp³-hybridized carbons (Fsp3) is 0.562. The van der Waals surface area contributed by atoms with E-state index in [-0.39, 0.29) is 28.7 Å². The molecule has 7 heteroatoms. The number of nitrogens with one attached hydrogen (secondary N) is 2. The van der Waals surface area contributed by atoms with Gasteiger partial charge in [-0.3, -0.25) is 4.99 Å². The lowest BCUT2D eigenvalue weighted by atomic mass is 10.1. The van der Waals surface area contributed by atoms with Crippen LogP contribution in [0.1, 0.15) is 19.4 Å². The number of thioether (sulfide) groups is 1. The summed E-state index contributed by atoms with van der Waals surface area (Å²) in [6.45, 7) is 6.03. The highest BCUT2D eigenvalue weighted by Gasteiger charge is 2.16. The Morgan fingerprint density at radius 1 is 1.35 bits per heavy atom. The van der Waals surface area contributed by atoms with Crippen molar-refractivity contribution in [3.05, 3.63) is 28.8 Å². The van der Waals surface area contributed by atoms with Crippen molar-refractivity contribution < 1.29 is 4.74 Å². The van der Waals surface area contributed by atoms with Gasteiger partial charge in [-0.15, -0.1) is 24.0 Å². The molecule has 1 rings (SSSR count). The van der Waals surface area contributed by atoms with Crippen LogP contribution in [0.3, 0.4) is 0 Å². The van der Waals surface area contributed by atoms with Crippen molar-refractivity contribution >= 4 is 53.3 Å². The Morgan fingerprint density at radius 2 is 2.04 bits per heavy atom. The molecule has 0 saturated carbocycles. The lowest BCUT2D eigenvalue weighted by Crippen LogP contribution is -2.43. The van der Waals surface area contributed by atoms with Gasteiger partial charge in [-0.25, -0.2) is 0 Å². The Kier molecular flexibility index (Phi) is 11.1. The molecule has 0 bridgehead atoms. The van der Waals surface area contributed by atoms with Gasteiger partial charge in [0.05, 0.1) is 7.11 Å². The Bertz CT molecular complexity index is 512. The summed E-state index contributed by atoms with van der Waals surface area (Å²) in [4.78, 5) is 4.24. The van der Waals surface area contributed by atoms with E-state index < -0.39 is 0 Å². The molecule has 1 aromatic carbocycles. The zero-order chi connectivity index (χ0) is 16.6. The predicted octanol–water partition coefficient (Wildman–Crippen LogP) is 3.82. The van der Waals surface area contributed by atoms with Gasteiger partial charge < -0.3 is 15.4 Å². The molecule has 0 spiro atoms. The van der Waals surface area contributed by atoms with E-state index in [1.165, 1.54) is 0 Å². The molecule has 0 heterocycles. The number of benzene rings is 1. The van der Waals surface area contributed by atoms with Crippen LogP contribution in [0.2, 0.25) is 5.02 Å². The summed E-state index contributed by atoms with van der Waals surface area (Å²) in [6.07, 6.45) is 2.94. The Labute approximate surface area is 166 Å². The second-order valence-corrected chi connectivity index (χ2v) is 7.44.